The van der Waals surface area contributed by atoms with Gasteiger partial charge in [-0.3, -0.25) is 4.79 Å². The number of alkyl halides is 3. The molecule has 0 radical (unpaired) electrons. The molecule has 0 bridgehead atoms. The molecule has 2 atom stereocenters. The summed E-state index contributed by atoms with van der Waals surface area (Å²) in [5.41, 5.74) is 0.274. The van der Waals surface area contributed by atoms with E-state index in [0.717, 1.165) is 11.2 Å². The summed E-state index contributed by atoms with van der Waals surface area (Å²) >= 11 is 10.9. The number of hydrogen-bond acceptors (Lipinski definition) is 4. The van der Waals surface area contributed by atoms with Crippen molar-refractivity contribution in [3.8, 4) is 0 Å². The summed E-state index contributed by atoms with van der Waals surface area (Å²) in [5.74, 6) is -0.738. The minimum atomic E-state index is -3.37. The van der Waals surface area contributed by atoms with Crippen LogP contribution in [0.4, 0.5) is 4.39 Å². The molecule has 1 aromatic rings. The molecular formula is C13H16Cl2FNO4S. The third kappa shape index (κ3) is 4.55. The quantitative estimate of drug-likeness (QED) is 0.772. The average Bonchev–Trinajstić information content (AvgIpc) is 2.46. The standard InChI is InChI=1S/C13H16Cl2FNO4S/c1-17(13(19)12(14)15)10(7-16)11(18)8-3-5-9(6-4-8)22(2,20)21/h3-6,10-12,18H,7H2,1-2H3/t10-,11-/m1/s1. The van der Waals surface area contributed by atoms with Crippen molar-refractivity contribution in [2.75, 3.05) is 20.0 Å². The SMILES string of the molecule is CN(C(=O)C(Cl)Cl)[C@H](CF)[C@H](O)c1ccc(S(C)(=O)=O)cc1. The number of likely N-dealkylation sites (N-methyl/N-ethyl adjacent to an activating group) is 1. The van der Waals surface area contributed by atoms with Crippen molar-refractivity contribution in [2.45, 2.75) is 21.9 Å². The number of aliphatic hydroxyl groups excluding tert-OH is 1. The Hall–Kier alpha value is -0.890. The Morgan fingerprint density at radius 2 is 1.82 bits per heavy atom. The summed E-state index contributed by atoms with van der Waals surface area (Å²) in [6.07, 6.45) is -0.296. The van der Waals surface area contributed by atoms with E-state index in [-0.39, 0.29) is 10.5 Å². The number of carbonyl (C=O) groups is 1. The van der Waals surface area contributed by atoms with Crippen molar-refractivity contribution in [1.82, 2.24) is 4.90 Å². The Kier molecular flexibility index (Phi) is 6.61. The van der Waals surface area contributed by atoms with Gasteiger partial charge in [0, 0.05) is 13.3 Å². The highest BCUT2D eigenvalue weighted by atomic mass is 35.5. The zero-order valence-electron chi connectivity index (χ0n) is 11.9. The molecule has 1 rings (SSSR count). The first-order valence-electron chi connectivity index (χ1n) is 6.18. The molecule has 0 saturated heterocycles. The van der Waals surface area contributed by atoms with E-state index in [1.54, 1.807) is 0 Å². The molecule has 0 fully saturated rings. The number of nitrogens with zero attached hydrogens (tertiary/aromatic N) is 1. The van der Waals surface area contributed by atoms with Gasteiger partial charge in [-0.25, -0.2) is 12.8 Å². The molecule has 0 saturated carbocycles. The molecule has 0 unspecified atom stereocenters. The minimum absolute atomic E-state index is 0.0752. The van der Waals surface area contributed by atoms with Crippen molar-refractivity contribution in [3.63, 3.8) is 0 Å². The van der Waals surface area contributed by atoms with Gasteiger partial charge in [0.25, 0.3) is 5.91 Å². The lowest BCUT2D eigenvalue weighted by atomic mass is 10.0. The van der Waals surface area contributed by atoms with Gasteiger partial charge in [0.1, 0.15) is 12.8 Å². The summed E-state index contributed by atoms with van der Waals surface area (Å²) in [6.45, 7) is -1.02. The first-order valence-corrected chi connectivity index (χ1v) is 8.95. The molecule has 0 aliphatic heterocycles. The van der Waals surface area contributed by atoms with Gasteiger partial charge in [-0.05, 0) is 17.7 Å². The van der Waals surface area contributed by atoms with E-state index in [9.17, 15) is 22.7 Å². The van der Waals surface area contributed by atoms with Crippen LogP contribution < -0.4 is 0 Å². The lowest BCUT2D eigenvalue weighted by molar-refractivity contribution is -0.133. The number of amides is 1. The number of sulfone groups is 1. The van der Waals surface area contributed by atoms with Crippen molar-refractivity contribution in [2.24, 2.45) is 0 Å². The molecule has 9 heteroatoms. The van der Waals surface area contributed by atoms with Crippen LogP contribution in [0.3, 0.4) is 0 Å². The van der Waals surface area contributed by atoms with E-state index in [1.165, 1.54) is 31.3 Å². The topological polar surface area (TPSA) is 74.7 Å². The molecule has 1 aromatic carbocycles. The number of benzene rings is 1. The van der Waals surface area contributed by atoms with Crippen LogP contribution in [-0.4, -0.2) is 55.2 Å². The van der Waals surface area contributed by atoms with Crippen LogP contribution in [0.5, 0.6) is 0 Å². The highest BCUT2D eigenvalue weighted by Gasteiger charge is 2.30. The summed E-state index contributed by atoms with van der Waals surface area (Å²) in [6, 6.07) is 4.15. The largest absolute Gasteiger partial charge is 0.386 e. The summed E-state index contributed by atoms with van der Waals surface area (Å²) < 4.78 is 35.9. The zero-order chi connectivity index (χ0) is 17.1. The van der Waals surface area contributed by atoms with E-state index < -0.39 is 39.4 Å². The van der Waals surface area contributed by atoms with Gasteiger partial charge in [-0.15, -0.1) is 0 Å². The fourth-order valence-corrected chi connectivity index (χ4v) is 2.79. The molecule has 22 heavy (non-hydrogen) atoms. The smallest absolute Gasteiger partial charge is 0.256 e. The maximum atomic E-state index is 13.2. The highest BCUT2D eigenvalue weighted by molar-refractivity contribution is 7.90. The van der Waals surface area contributed by atoms with Gasteiger partial charge in [0.2, 0.25) is 0 Å². The van der Waals surface area contributed by atoms with Gasteiger partial charge in [0.05, 0.1) is 10.9 Å². The second-order valence-electron chi connectivity index (χ2n) is 4.76. The van der Waals surface area contributed by atoms with Gasteiger partial charge in [-0.2, -0.15) is 0 Å². The van der Waals surface area contributed by atoms with Crippen molar-refractivity contribution >= 4 is 38.9 Å². The Bertz CT molecular complexity index is 621. The molecule has 0 aliphatic carbocycles. The third-order valence-corrected chi connectivity index (χ3v) is 4.71. The monoisotopic (exact) mass is 371 g/mol. The second-order valence-corrected chi connectivity index (χ2v) is 7.87. The number of halogens is 3. The van der Waals surface area contributed by atoms with Crippen LogP contribution in [0.25, 0.3) is 0 Å². The Balaban J connectivity index is 3.02. The molecule has 0 heterocycles. The summed E-state index contributed by atoms with van der Waals surface area (Å²) in [5, 5.41) is 10.2. The Morgan fingerprint density at radius 3 is 2.18 bits per heavy atom. The number of carbonyl (C=O) groups excluding carboxylic acids is 1. The molecule has 0 aromatic heterocycles. The number of aliphatic hydroxyl groups is 1. The fraction of sp³-hybridized carbons (Fsp3) is 0.462. The molecule has 5 nitrogen and oxygen atoms in total. The molecule has 1 N–H and O–H groups in total. The zero-order valence-corrected chi connectivity index (χ0v) is 14.2. The first kappa shape index (κ1) is 19.2. The van der Waals surface area contributed by atoms with E-state index in [0.29, 0.717) is 0 Å². The third-order valence-electron chi connectivity index (χ3n) is 3.20. The maximum Gasteiger partial charge on any atom is 0.256 e. The fourth-order valence-electron chi connectivity index (χ4n) is 1.85. The lowest BCUT2D eigenvalue weighted by Gasteiger charge is -2.30. The van der Waals surface area contributed by atoms with Crippen LogP contribution >= 0.6 is 23.2 Å². The van der Waals surface area contributed by atoms with Crippen LogP contribution in [0.15, 0.2) is 29.2 Å². The van der Waals surface area contributed by atoms with Crippen molar-refractivity contribution in [1.29, 1.82) is 0 Å². The first-order chi connectivity index (χ1) is 10.1. The van der Waals surface area contributed by atoms with Crippen LogP contribution in [0, 0.1) is 0 Å². The Labute approximate surface area is 138 Å². The van der Waals surface area contributed by atoms with Gasteiger partial charge in [0.15, 0.2) is 14.7 Å². The van der Waals surface area contributed by atoms with E-state index >= 15 is 0 Å². The van der Waals surface area contributed by atoms with Crippen LogP contribution in [0.1, 0.15) is 11.7 Å². The van der Waals surface area contributed by atoms with Gasteiger partial charge >= 0.3 is 0 Å². The average molecular weight is 372 g/mol. The normalized spacial score (nSPS) is 14.7. The predicted molar refractivity (Wildman–Crippen MR) is 82.5 cm³/mol. The molecule has 1 amide bonds. The molecule has 0 spiro atoms. The maximum absolute atomic E-state index is 13.2. The van der Waals surface area contributed by atoms with E-state index in [4.69, 9.17) is 23.2 Å². The van der Waals surface area contributed by atoms with Crippen LogP contribution in [0.2, 0.25) is 0 Å². The second kappa shape index (κ2) is 7.59. The predicted octanol–water partition coefficient (Wildman–Crippen LogP) is 1.72. The molecule has 124 valence electrons. The van der Waals surface area contributed by atoms with Gasteiger partial charge in [-0.1, -0.05) is 35.3 Å². The lowest BCUT2D eigenvalue weighted by Crippen LogP contribution is -2.44. The molecule has 0 aliphatic rings. The Morgan fingerprint density at radius 1 is 1.32 bits per heavy atom. The summed E-state index contributed by atoms with van der Waals surface area (Å²) in [7, 11) is -2.09. The highest BCUT2D eigenvalue weighted by Crippen LogP contribution is 2.24. The van der Waals surface area contributed by atoms with E-state index in [2.05, 4.69) is 0 Å². The summed E-state index contributed by atoms with van der Waals surface area (Å²) in [4.78, 5) is 11.3. The van der Waals surface area contributed by atoms with Crippen LogP contribution in [-0.2, 0) is 14.6 Å². The number of rotatable bonds is 6. The van der Waals surface area contributed by atoms with Gasteiger partial charge < -0.3 is 10.0 Å². The van der Waals surface area contributed by atoms with Crippen molar-refractivity contribution in [3.05, 3.63) is 29.8 Å². The minimum Gasteiger partial charge on any atom is -0.386 e. The van der Waals surface area contributed by atoms with Crippen molar-refractivity contribution < 1.29 is 22.7 Å². The molecular weight excluding hydrogens is 356 g/mol. The number of hydrogen-bond donors (Lipinski definition) is 1. The van der Waals surface area contributed by atoms with E-state index in [1.807, 2.05) is 0 Å².